The van der Waals surface area contributed by atoms with Gasteiger partial charge in [0, 0.05) is 11.8 Å². The Kier molecular flexibility index (Phi) is 5.71. The molecule has 0 nitrogen and oxygen atoms in total. The zero-order valence-corrected chi connectivity index (χ0v) is 21.4. The summed E-state index contributed by atoms with van der Waals surface area (Å²) in [6.07, 6.45) is 30.8. The minimum atomic E-state index is 0.866. The smallest absolute Gasteiger partial charge is 0.0882 e. The fourth-order valence-corrected chi connectivity index (χ4v) is 11.0. The molecule has 2 fully saturated rings. The van der Waals surface area contributed by atoms with Crippen LogP contribution in [0.25, 0.3) is 0 Å². The van der Waals surface area contributed by atoms with Crippen LogP contribution in [0, 0.1) is 47.3 Å². The normalized spacial score (nSPS) is 45.6. The van der Waals surface area contributed by atoms with Crippen LogP contribution in [-0.4, -0.2) is 7.85 Å². The average molecular weight is 443 g/mol. The zero-order chi connectivity index (χ0) is 21.9. The molecule has 0 amide bonds. The molecule has 0 aromatic heterocycles. The van der Waals surface area contributed by atoms with Crippen molar-refractivity contribution in [2.45, 2.75) is 115 Å². The molecule has 8 atom stereocenters. The van der Waals surface area contributed by atoms with Gasteiger partial charge < -0.3 is 0 Å². The fourth-order valence-electron chi connectivity index (χ4n) is 11.0. The van der Waals surface area contributed by atoms with E-state index >= 15 is 0 Å². The Labute approximate surface area is 204 Å². The average Bonchev–Trinajstić information content (AvgIpc) is 3.21. The Morgan fingerprint density at radius 2 is 1.33 bits per heavy atom. The second-order valence-electron chi connectivity index (χ2n) is 13.5. The van der Waals surface area contributed by atoms with Gasteiger partial charge in [-0.2, -0.15) is 0 Å². The summed E-state index contributed by atoms with van der Waals surface area (Å²) in [4.78, 5) is 0. The van der Waals surface area contributed by atoms with Crippen LogP contribution in [0.3, 0.4) is 0 Å². The predicted octanol–water partition coefficient (Wildman–Crippen LogP) is 8.21. The summed E-state index contributed by atoms with van der Waals surface area (Å²) >= 11 is 0. The Balaban J connectivity index is 1.41. The van der Waals surface area contributed by atoms with Crippen LogP contribution >= 0.6 is 0 Å². The lowest BCUT2D eigenvalue weighted by atomic mass is 9.51. The second kappa shape index (κ2) is 8.74. The number of hydrogen-bond acceptors (Lipinski definition) is 0. The molecule has 0 spiro atoms. The van der Waals surface area contributed by atoms with Gasteiger partial charge in [-0.3, -0.25) is 0 Å². The Hall–Kier alpha value is -0.715. The fraction of sp³-hybridized carbons (Fsp3) is 0.812. The molecule has 1 heteroatoms. The summed E-state index contributed by atoms with van der Waals surface area (Å²) in [5.74, 6) is 8.48. The van der Waals surface area contributed by atoms with E-state index in [2.05, 4.69) is 36.7 Å². The molecule has 8 unspecified atom stereocenters. The highest BCUT2D eigenvalue weighted by Gasteiger charge is 2.56. The second-order valence-corrected chi connectivity index (χ2v) is 13.5. The molecule has 0 N–H and O–H groups in total. The van der Waals surface area contributed by atoms with Crippen LogP contribution in [0.5, 0.6) is 0 Å². The van der Waals surface area contributed by atoms with Gasteiger partial charge in [0.25, 0.3) is 0 Å². The Morgan fingerprint density at radius 1 is 0.606 bits per heavy atom. The van der Waals surface area contributed by atoms with E-state index in [1.54, 1.807) is 25.7 Å². The molecule has 178 valence electrons. The molecule has 7 rings (SSSR count). The van der Waals surface area contributed by atoms with Gasteiger partial charge in [-0.15, -0.1) is 0 Å². The van der Waals surface area contributed by atoms with E-state index in [9.17, 15) is 0 Å². The van der Waals surface area contributed by atoms with E-state index in [4.69, 9.17) is 0 Å². The molecule has 0 aromatic carbocycles. The molecule has 0 radical (unpaired) electrons. The maximum Gasteiger partial charge on any atom is 0.110 e. The van der Waals surface area contributed by atoms with Crippen molar-refractivity contribution in [3.05, 3.63) is 34.4 Å². The van der Waals surface area contributed by atoms with Crippen molar-refractivity contribution in [1.29, 1.82) is 0 Å². The van der Waals surface area contributed by atoms with Crippen molar-refractivity contribution in [1.82, 2.24) is 0 Å². The standard InChI is InChI=1S/C32H47B/c33-27-19-18-26-30-24(27)16-9-17-25(30)31-28(20-10-3-1-4-11-20)22-14-7-8-15-23(22)29(32(26)31)21-12-5-2-6-13-21/h5,12,20-23,25-29H,1-4,6-11,13-19,33H2. The van der Waals surface area contributed by atoms with Gasteiger partial charge in [0.1, 0.15) is 7.85 Å². The van der Waals surface area contributed by atoms with Crippen molar-refractivity contribution in [3.63, 3.8) is 0 Å². The topological polar surface area (TPSA) is 0 Å². The lowest BCUT2D eigenvalue weighted by molar-refractivity contribution is 0.0507. The first-order valence-electron chi connectivity index (χ1n) is 15.5. The summed E-state index contributed by atoms with van der Waals surface area (Å²) in [6, 6.07) is 0. The van der Waals surface area contributed by atoms with Gasteiger partial charge in [0.05, 0.1) is 0 Å². The highest BCUT2D eigenvalue weighted by Crippen LogP contribution is 2.67. The Morgan fingerprint density at radius 3 is 2.12 bits per heavy atom. The van der Waals surface area contributed by atoms with E-state index in [1.165, 1.54) is 83.5 Å². The molecule has 0 heterocycles. The third-order valence-corrected chi connectivity index (χ3v) is 12.1. The summed E-state index contributed by atoms with van der Waals surface area (Å²) in [7, 11) is 2.58. The van der Waals surface area contributed by atoms with Gasteiger partial charge in [-0.05, 0) is 112 Å². The number of allylic oxidation sites excluding steroid dienone is 6. The van der Waals surface area contributed by atoms with Crippen LogP contribution in [-0.2, 0) is 0 Å². The van der Waals surface area contributed by atoms with Crippen LogP contribution in [0.4, 0.5) is 0 Å². The van der Waals surface area contributed by atoms with Crippen molar-refractivity contribution in [2.24, 2.45) is 47.3 Å². The van der Waals surface area contributed by atoms with Crippen LogP contribution in [0.2, 0.25) is 5.82 Å². The van der Waals surface area contributed by atoms with Crippen LogP contribution in [0.15, 0.2) is 34.4 Å². The first-order valence-corrected chi connectivity index (χ1v) is 15.5. The van der Waals surface area contributed by atoms with E-state index in [1.807, 2.05) is 5.57 Å². The lowest BCUT2D eigenvalue weighted by Gasteiger charge is -2.53. The van der Waals surface area contributed by atoms with Crippen LogP contribution in [0.1, 0.15) is 109 Å². The SMILES string of the molecule is BC1CCC2C3=C1CCCC3C1=C2C(C2C=CCCC2)C2CCCCC2C1C1CCCCC1. The van der Waals surface area contributed by atoms with Crippen molar-refractivity contribution in [2.75, 3.05) is 0 Å². The lowest BCUT2D eigenvalue weighted by Crippen LogP contribution is -2.45. The highest BCUT2D eigenvalue weighted by atomic mass is 14.6. The molecule has 7 aliphatic carbocycles. The number of rotatable bonds is 2. The van der Waals surface area contributed by atoms with Crippen molar-refractivity contribution < 1.29 is 0 Å². The predicted molar refractivity (Wildman–Crippen MR) is 142 cm³/mol. The molecule has 0 aromatic rings. The van der Waals surface area contributed by atoms with Gasteiger partial charge >= 0.3 is 0 Å². The minimum Gasteiger partial charge on any atom is -0.0882 e. The maximum atomic E-state index is 2.73. The molecule has 0 aliphatic heterocycles. The molecule has 33 heavy (non-hydrogen) atoms. The van der Waals surface area contributed by atoms with Crippen LogP contribution < -0.4 is 0 Å². The summed E-state index contributed by atoms with van der Waals surface area (Å²) < 4.78 is 0. The first-order chi connectivity index (χ1) is 16.3. The first kappa shape index (κ1) is 21.6. The molecule has 0 bridgehead atoms. The molecule has 7 aliphatic rings. The maximum absolute atomic E-state index is 2.73. The zero-order valence-electron chi connectivity index (χ0n) is 21.4. The monoisotopic (exact) mass is 442 g/mol. The molecular formula is C32H47B. The quantitative estimate of drug-likeness (QED) is 0.299. The van der Waals surface area contributed by atoms with E-state index in [0.717, 1.165) is 53.2 Å². The van der Waals surface area contributed by atoms with Gasteiger partial charge in [-0.25, -0.2) is 0 Å². The molecule has 0 saturated heterocycles. The molecule has 2 saturated carbocycles. The minimum absolute atomic E-state index is 0.866. The molecular weight excluding hydrogens is 395 g/mol. The van der Waals surface area contributed by atoms with Gasteiger partial charge in [0.15, 0.2) is 0 Å². The van der Waals surface area contributed by atoms with Gasteiger partial charge in [-0.1, -0.05) is 73.0 Å². The van der Waals surface area contributed by atoms with E-state index in [-0.39, 0.29) is 0 Å². The largest absolute Gasteiger partial charge is 0.110 e. The third kappa shape index (κ3) is 3.37. The van der Waals surface area contributed by atoms with Crippen molar-refractivity contribution >= 4 is 7.85 Å². The van der Waals surface area contributed by atoms with E-state index < -0.39 is 0 Å². The summed E-state index contributed by atoms with van der Waals surface area (Å²) in [5, 5.41) is 0. The Bertz CT molecular complexity index is 854. The number of hydrogen-bond donors (Lipinski definition) is 0. The van der Waals surface area contributed by atoms with E-state index in [0.29, 0.717) is 0 Å². The third-order valence-electron chi connectivity index (χ3n) is 12.1. The highest BCUT2D eigenvalue weighted by molar-refractivity contribution is 6.13. The number of fused-ring (bicyclic) bond motifs is 3. The summed E-state index contributed by atoms with van der Waals surface area (Å²) in [6.45, 7) is 0. The van der Waals surface area contributed by atoms with Gasteiger partial charge in [0.2, 0.25) is 0 Å². The van der Waals surface area contributed by atoms with Crippen molar-refractivity contribution in [3.8, 4) is 0 Å². The summed E-state index contributed by atoms with van der Waals surface area (Å²) in [5.41, 5.74) is 8.28.